The summed E-state index contributed by atoms with van der Waals surface area (Å²) in [5.41, 5.74) is 2.41. The zero-order valence-electron chi connectivity index (χ0n) is 15.8. The highest BCUT2D eigenvalue weighted by Gasteiger charge is 2.41. The van der Waals surface area contributed by atoms with Crippen LogP contribution >= 0.6 is 0 Å². The van der Waals surface area contributed by atoms with E-state index in [1.54, 1.807) is 18.3 Å². The summed E-state index contributed by atoms with van der Waals surface area (Å²) in [5.74, 6) is 0.597. The van der Waals surface area contributed by atoms with Crippen molar-refractivity contribution in [3.05, 3.63) is 47.1 Å². The van der Waals surface area contributed by atoms with Gasteiger partial charge in [-0.2, -0.15) is 0 Å². The van der Waals surface area contributed by atoms with E-state index in [0.717, 1.165) is 49.8 Å². The van der Waals surface area contributed by atoms with Crippen molar-refractivity contribution in [2.24, 2.45) is 5.92 Å². The normalized spacial score (nSPS) is 24.0. The molecule has 0 spiro atoms. The van der Waals surface area contributed by atoms with Crippen LogP contribution in [0.2, 0.25) is 0 Å². The van der Waals surface area contributed by atoms with Gasteiger partial charge in [0.25, 0.3) is 11.8 Å². The minimum Gasteiger partial charge on any atom is -0.350 e. The molecule has 4 aliphatic rings. The number of hydrogen-bond acceptors (Lipinski definition) is 5. The van der Waals surface area contributed by atoms with Gasteiger partial charge in [0.1, 0.15) is 5.69 Å². The third-order valence-electron chi connectivity index (χ3n) is 6.30. The maximum absolute atomic E-state index is 13.3. The van der Waals surface area contributed by atoms with Crippen LogP contribution in [-0.4, -0.2) is 57.4 Å². The second-order valence-corrected chi connectivity index (χ2v) is 8.12. The molecule has 2 bridgehead atoms. The van der Waals surface area contributed by atoms with Crippen LogP contribution in [0.1, 0.15) is 58.0 Å². The molecule has 146 valence electrons. The van der Waals surface area contributed by atoms with Gasteiger partial charge in [-0.15, -0.1) is 0 Å². The van der Waals surface area contributed by atoms with Gasteiger partial charge in [0.05, 0.1) is 5.69 Å². The summed E-state index contributed by atoms with van der Waals surface area (Å²) in [7, 11) is 0. The molecule has 6 rings (SSSR count). The molecule has 5 heterocycles. The molecule has 2 atom stereocenters. The van der Waals surface area contributed by atoms with E-state index < -0.39 is 0 Å². The molecule has 0 unspecified atom stereocenters. The van der Waals surface area contributed by atoms with Crippen LogP contribution in [-0.2, 0) is 12.8 Å². The SMILES string of the molecule is O=C(c1ccccn1)N1C[C@@H]2CC[C@H](C1)N(C(=O)c1onc3c1CCCC3)C2. The van der Waals surface area contributed by atoms with Crippen molar-refractivity contribution in [1.82, 2.24) is 19.9 Å². The first-order chi connectivity index (χ1) is 13.7. The lowest BCUT2D eigenvalue weighted by molar-refractivity contribution is 0.0533. The maximum atomic E-state index is 13.3. The fraction of sp³-hybridized carbons (Fsp3) is 0.524. The van der Waals surface area contributed by atoms with Gasteiger partial charge >= 0.3 is 0 Å². The molecule has 1 aliphatic carbocycles. The molecule has 0 radical (unpaired) electrons. The number of fused-ring (bicyclic) bond motifs is 5. The molecule has 7 heteroatoms. The number of pyridine rings is 1. The van der Waals surface area contributed by atoms with Gasteiger partial charge < -0.3 is 14.3 Å². The second kappa shape index (κ2) is 7.04. The molecule has 2 aromatic rings. The van der Waals surface area contributed by atoms with Crippen LogP contribution in [0.5, 0.6) is 0 Å². The smallest absolute Gasteiger partial charge is 0.293 e. The lowest BCUT2D eigenvalue weighted by Crippen LogP contribution is -2.47. The summed E-state index contributed by atoms with van der Waals surface area (Å²) >= 11 is 0. The van der Waals surface area contributed by atoms with Crippen molar-refractivity contribution in [2.45, 2.75) is 44.6 Å². The van der Waals surface area contributed by atoms with Gasteiger partial charge in [-0.3, -0.25) is 14.6 Å². The maximum Gasteiger partial charge on any atom is 0.293 e. The first-order valence-electron chi connectivity index (χ1n) is 10.2. The van der Waals surface area contributed by atoms with Crippen molar-refractivity contribution in [3.63, 3.8) is 0 Å². The molecule has 3 fully saturated rings. The van der Waals surface area contributed by atoms with E-state index in [9.17, 15) is 9.59 Å². The average Bonchev–Trinajstić information content (AvgIpc) is 2.95. The summed E-state index contributed by atoms with van der Waals surface area (Å²) in [6, 6.07) is 5.40. The first kappa shape index (κ1) is 17.4. The number of hydrogen-bond donors (Lipinski definition) is 0. The number of carbonyl (C=O) groups is 2. The first-order valence-corrected chi connectivity index (χ1v) is 10.2. The van der Waals surface area contributed by atoms with Crippen molar-refractivity contribution in [1.29, 1.82) is 0 Å². The third kappa shape index (κ3) is 2.99. The number of amides is 2. The van der Waals surface area contributed by atoms with Crippen LogP contribution in [0.4, 0.5) is 0 Å². The van der Waals surface area contributed by atoms with Crippen LogP contribution in [0.15, 0.2) is 28.9 Å². The van der Waals surface area contributed by atoms with E-state index in [4.69, 9.17) is 4.52 Å². The molecule has 2 amide bonds. The molecule has 3 aliphatic heterocycles. The Morgan fingerprint density at radius 1 is 1.04 bits per heavy atom. The van der Waals surface area contributed by atoms with Gasteiger partial charge in [-0.1, -0.05) is 11.2 Å². The van der Waals surface area contributed by atoms with E-state index in [0.29, 0.717) is 31.1 Å². The second-order valence-electron chi connectivity index (χ2n) is 8.12. The minimum absolute atomic E-state index is 0.0169. The predicted octanol–water partition coefficient (Wildman–Crippen LogP) is 2.33. The highest BCUT2D eigenvalue weighted by Crippen LogP contribution is 2.32. The fourth-order valence-electron chi connectivity index (χ4n) is 4.84. The Balaban J connectivity index is 1.38. The van der Waals surface area contributed by atoms with Crippen LogP contribution in [0.3, 0.4) is 0 Å². The average molecular weight is 380 g/mol. The molecule has 3 saturated heterocycles. The van der Waals surface area contributed by atoms with Gasteiger partial charge in [-0.25, -0.2) is 0 Å². The van der Waals surface area contributed by atoms with E-state index in [1.807, 2.05) is 15.9 Å². The predicted molar refractivity (Wildman–Crippen MR) is 101 cm³/mol. The standard InChI is InChI=1S/C21H24N4O3/c26-20(18-7-3-4-10-22-18)24-11-14-8-9-15(13-24)25(12-14)21(27)19-16-5-1-2-6-17(16)23-28-19/h3-4,7,10,14-15H,1-2,5-6,8-9,11-13H2/t14-,15+/m0/s1. The molecule has 0 N–H and O–H groups in total. The molecular formula is C21H24N4O3. The number of carbonyl (C=O) groups excluding carboxylic acids is 2. The van der Waals surface area contributed by atoms with Gasteiger partial charge in [0.2, 0.25) is 5.76 Å². The number of nitrogens with zero attached hydrogens (tertiary/aromatic N) is 4. The molecule has 0 aromatic carbocycles. The summed E-state index contributed by atoms with van der Waals surface area (Å²) < 4.78 is 5.49. The molecule has 0 saturated carbocycles. The number of aromatic nitrogens is 2. The van der Waals surface area contributed by atoms with E-state index >= 15 is 0 Å². The van der Waals surface area contributed by atoms with Crippen molar-refractivity contribution in [2.75, 3.05) is 19.6 Å². The molecular weight excluding hydrogens is 356 g/mol. The number of rotatable bonds is 2. The monoisotopic (exact) mass is 380 g/mol. The lowest BCUT2D eigenvalue weighted by atomic mass is 9.93. The number of piperidine rings is 1. The van der Waals surface area contributed by atoms with E-state index in [2.05, 4.69) is 10.1 Å². The van der Waals surface area contributed by atoms with Gasteiger partial charge in [-0.05, 0) is 56.6 Å². The summed E-state index contributed by atoms with van der Waals surface area (Å²) in [6.45, 7) is 1.89. The summed E-state index contributed by atoms with van der Waals surface area (Å²) in [4.78, 5) is 34.2. The highest BCUT2D eigenvalue weighted by molar-refractivity contribution is 5.94. The Morgan fingerprint density at radius 3 is 2.79 bits per heavy atom. The highest BCUT2D eigenvalue weighted by atomic mass is 16.5. The number of aryl methyl sites for hydroxylation is 1. The van der Waals surface area contributed by atoms with E-state index in [1.165, 1.54) is 0 Å². The summed E-state index contributed by atoms with van der Waals surface area (Å²) in [6.07, 6.45) is 7.53. The quantitative estimate of drug-likeness (QED) is 0.799. The molecule has 2 aromatic heterocycles. The van der Waals surface area contributed by atoms with Crippen LogP contribution < -0.4 is 0 Å². The van der Waals surface area contributed by atoms with E-state index in [-0.39, 0.29) is 23.8 Å². The zero-order valence-corrected chi connectivity index (χ0v) is 15.8. The Bertz CT molecular complexity index is 894. The Labute approximate surface area is 163 Å². The van der Waals surface area contributed by atoms with Gasteiger partial charge in [0.15, 0.2) is 0 Å². The molecule has 7 nitrogen and oxygen atoms in total. The zero-order chi connectivity index (χ0) is 19.1. The lowest BCUT2D eigenvalue weighted by Gasteiger charge is -2.35. The Kier molecular flexibility index (Phi) is 4.37. The summed E-state index contributed by atoms with van der Waals surface area (Å²) in [5, 5.41) is 4.15. The Hall–Kier alpha value is -2.70. The molecule has 28 heavy (non-hydrogen) atoms. The van der Waals surface area contributed by atoms with Crippen LogP contribution in [0, 0.1) is 5.92 Å². The largest absolute Gasteiger partial charge is 0.350 e. The fourth-order valence-corrected chi connectivity index (χ4v) is 4.84. The van der Waals surface area contributed by atoms with Crippen LogP contribution in [0.25, 0.3) is 0 Å². The topological polar surface area (TPSA) is 79.5 Å². The van der Waals surface area contributed by atoms with Crippen molar-refractivity contribution >= 4 is 11.8 Å². The van der Waals surface area contributed by atoms with Crippen molar-refractivity contribution in [3.8, 4) is 0 Å². The minimum atomic E-state index is -0.0579. The van der Waals surface area contributed by atoms with Gasteiger partial charge in [0, 0.05) is 37.4 Å². The van der Waals surface area contributed by atoms with Crippen molar-refractivity contribution < 1.29 is 14.1 Å². The Morgan fingerprint density at radius 2 is 1.93 bits per heavy atom. The third-order valence-corrected chi connectivity index (χ3v) is 6.30.